The smallest absolute Gasteiger partial charge is 0.279 e. The van der Waals surface area contributed by atoms with Gasteiger partial charge in [-0.2, -0.15) is 13.2 Å². The fraction of sp³-hybridized carbons (Fsp3) is 0.0909. The molecule has 1 aromatic carbocycles. The van der Waals surface area contributed by atoms with Crippen molar-refractivity contribution < 1.29 is 21.6 Å². The van der Waals surface area contributed by atoms with Crippen LogP contribution in [0.1, 0.15) is 5.56 Å². The van der Waals surface area contributed by atoms with Crippen molar-refractivity contribution in [3.63, 3.8) is 0 Å². The Hall–Kier alpha value is -0.770. The summed E-state index contributed by atoms with van der Waals surface area (Å²) in [5, 5.41) is 1.32. The van der Waals surface area contributed by atoms with Crippen LogP contribution in [0.3, 0.4) is 0 Å². The van der Waals surface area contributed by atoms with Gasteiger partial charge >= 0.3 is 6.18 Å². The number of sulfonamides is 1. The second-order valence-corrected chi connectivity index (χ2v) is 7.97. The molecule has 0 amide bonds. The Morgan fingerprint density at radius 3 is 2.43 bits per heavy atom. The lowest BCUT2D eigenvalue weighted by molar-refractivity contribution is -0.137. The molecule has 1 N–H and O–H groups in total. The first-order chi connectivity index (χ1) is 9.59. The number of anilines is 1. The van der Waals surface area contributed by atoms with Gasteiger partial charge in [0, 0.05) is 9.50 Å². The summed E-state index contributed by atoms with van der Waals surface area (Å²) in [6.45, 7) is 0. The Balaban J connectivity index is 2.41. The van der Waals surface area contributed by atoms with E-state index in [0.717, 1.165) is 23.5 Å². The molecule has 3 nitrogen and oxygen atoms in total. The highest BCUT2D eigenvalue weighted by atomic mass is 79.9. The summed E-state index contributed by atoms with van der Waals surface area (Å²) in [4.78, 5) is 0. The summed E-state index contributed by atoms with van der Waals surface area (Å²) in [6, 6.07) is 4.04. The molecule has 0 saturated carbocycles. The van der Waals surface area contributed by atoms with E-state index in [9.17, 15) is 21.6 Å². The molecule has 1 aromatic heterocycles. The number of nitrogens with one attached hydrogen (secondary N) is 1. The van der Waals surface area contributed by atoms with Crippen molar-refractivity contribution in [1.29, 1.82) is 0 Å². The molecular formula is C11H6BrClF3NO2S2. The maximum atomic E-state index is 12.7. The second-order valence-electron chi connectivity index (χ2n) is 3.89. The number of benzene rings is 1. The quantitative estimate of drug-likeness (QED) is 0.761. The van der Waals surface area contributed by atoms with Gasteiger partial charge in [-0.15, -0.1) is 11.3 Å². The van der Waals surface area contributed by atoms with E-state index in [2.05, 4.69) is 20.7 Å². The van der Waals surface area contributed by atoms with Crippen LogP contribution in [0.15, 0.2) is 38.3 Å². The predicted molar refractivity (Wildman–Crippen MR) is 79.3 cm³/mol. The third-order valence-corrected chi connectivity index (χ3v) is 6.58. The summed E-state index contributed by atoms with van der Waals surface area (Å²) in [6.07, 6.45) is -4.62. The maximum absolute atomic E-state index is 12.7. The zero-order chi connectivity index (χ0) is 15.8. The molecule has 0 aliphatic carbocycles. The topological polar surface area (TPSA) is 46.2 Å². The molecule has 0 atom stereocenters. The van der Waals surface area contributed by atoms with E-state index >= 15 is 0 Å². The van der Waals surface area contributed by atoms with Crippen molar-refractivity contribution in [1.82, 2.24) is 0 Å². The molecule has 0 bridgehead atoms. The number of hydrogen-bond acceptors (Lipinski definition) is 3. The van der Waals surface area contributed by atoms with Gasteiger partial charge in [0.2, 0.25) is 0 Å². The molecule has 0 saturated heterocycles. The van der Waals surface area contributed by atoms with Crippen LogP contribution in [-0.4, -0.2) is 8.42 Å². The molecule has 0 aliphatic heterocycles. The van der Waals surface area contributed by atoms with E-state index in [0.29, 0.717) is 10.5 Å². The van der Waals surface area contributed by atoms with Gasteiger partial charge in [0.05, 0.1) is 11.3 Å². The van der Waals surface area contributed by atoms with E-state index in [4.69, 9.17) is 11.6 Å². The van der Waals surface area contributed by atoms with E-state index in [1.807, 2.05) is 0 Å². The van der Waals surface area contributed by atoms with Crippen molar-refractivity contribution in [2.45, 2.75) is 10.4 Å². The summed E-state index contributed by atoms with van der Waals surface area (Å²) in [7, 11) is -3.98. The average molecular weight is 421 g/mol. The van der Waals surface area contributed by atoms with Crippen molar-refractivity contribution in [2.75, 3.05) is 4.72 Å². The van der Waals surface area contributed by atoms with Crippen LogP contribution in [0.5, 0.6) is 0 Å². The van der Waals surface area contributed by atoms with E-state index in [-0.39, 0.29) is 14.9 Å². The lowest BCUT2D eigenvalue weighted by atomic mass is 10.2. The Morgan fingerprint density at radius 1 is 1.24 bits per heavy atom. The summed E-state index contributed by atoms with van der Waals surface area (Å²) in [5.74, 6) is 0. The minimum absolute atomic E-state index is 0.0314. The predicted octanol–water partition coefficient (Wildman–Crippen LogP) is 4.98. The lowest BCUT2D eigenvalue weighted by Gasteiger charge is -2.11. The molecule has 21 heavy (non-hydrogen) atoms. The molecule has 0 fully saturated rings. The minimum atomic E-state index is -4.62. The zero-order valence-electron chi connectivity index (χ0n) is 9.91. The van der Waals surface area contributed by atoms with Crippen molar-refractivity contribution in [2.24, 2.45) is 0 Å². The highest BCUT2D eigenvalue weighted by Crippen LogP contribution is 2.35. The summed E-state index contributed by atoms with van der Waals surface area (Å²) < 4.78 is 64.6. The number of halogens is 5. The third-order valence-electron chi connectivity index (χ3n) is 2.31. The van der Waals surface area contributed by atoms with E-state index in [1.165, 1.54) is 11.4 Å². The largest absolute Gasteiger partial charge is 0.416 e. The van der Waals surface area contributed by atoms with Gasteiger partial charge in [-0.1, -0.05) is 11.6 Å². The van der Waals surface area contributed by atoms with Crippen molar-refractivity contribution in [3.8, 4) is 0 Å². The molecule has 1 heterocycles. The first-order valence-electron chi connectivity index (χ1n) is 5.23. The first-order valence-corrected chi connectivity index (χ1v) is 8.76. The Bertz CT molecular complexity index is 774. The zero-order valence-corrected chi connectivity index (χ0v) is 13.9. The van der Waals surface area contributed by atoms with E-state index < -0.39 is 21.8 Å². The summed E-state index contributed by atoms with van der Waals surface area (Å²) in [5.41, 5.74) is -1.28. The molecule has 114 valence electrons. The van der Waals surface area contributed by atoms with Crippen molar-refractivity contribution in [3.05, 3.63) is 44.7 Å². The van der Waals surface area contributed by atoms with Crippen LogP contribution in [0.4, 0.5) is 18.9 Å². The second kappa shape index (κ2) is 5.79. The van der Waals surface area contributed by atoms with Gasteiger partial charge in [0.25, 0.3) is 10.0 Å². The number of hydrogen-bond donors (Lipinski definition) is 1. The number of thiophene rings is 1. The monoisotopic (exact) mass is 419 g/mol. The third kappa shape index (κ3) is 3.91. The molecule has 2 aromatic rings. The molecule has 10 heteroatoms. The number of alkyl halides is 3. The molecular weight excluding hydrogens is 415 g/mol. The van der Waals surface area contributed by atoms with Gasteiger partial charge in [-0.3, -0.25) is 4.72 Å². The molecule has 0 radical (unpaired) electrons. The van der Waals surface area contributed by atoms with Gasteiger partial charge in [-0.05, 0) is 45.6 Å². The maximum Gasteiger partial charge on any atom is 0.416 e. The van der Waals surface area contributed by atoms with Crippen LogP contribution in [0, 0.1) is 0 Å². The molecule has 0 spiro atoms. The molecule has 0 unspecified atom stereocenters. The van der Waals surface area contributed by atoms with Crippen molar-refractivity contribution >= 4 is 54.6 Å². The fourth-order valence-electron chi connectivity index (χ4n) is 1.49. The van der Waals surface area contributed by atoms with Crippen LogP contribution in [-0.2, 0) is 16.2 Å². The van der Waals surface area contributed by atoms with Gasteiger partial charge in [0.1, 0.15) is 0 Å². The molecule has 2 rings (SSSR count). The summed E-state index contributed by atoms with van der Waals surface area (Å²) >= 11 is 9.60. The average Bonchev–Trinajstić information content (AvgIpc) is 2.73. The first kappa shape index (κ1) is 16.6. The normalized spacial score (nSPS) is 12.4. The van der Waals surface area contributed by atoms with Crippen LogP contribution in [0.25, 0.3) is 0 Å². The van der Waals surface area contributed by atoms with Crippen LogP contribution in [0.2, 0.25) is 5.02 Å². The van der Waals surface area contributed by atoms with Crippen LogP contribution >= 0.6 is 38.9 Å². The Kier molecular flexibility index (Phi) is 4.57. The molecule has 0 aliphatic rings. The minimum Gasteiger partial charge on any atom is -0.279 e. The number of rotatable bonds is 3. The van der Waals surface area contributed by atoms with Gasteiger partial charge < -0.3 is 0 Å². The SMILES string of the molecule is O=S(=O)(Nc1cc(Cl)cc(C(F)(F)F)c1)c1sccc1Br. The fourth-order valence-corrected chi connectivity index (χ4v) is 5.10. The van der Waals surface area contributed by atoms with Gasteiger partial charge in [0.15, 0.2) is 4.21 Å². The Labute approximate surface area is 135 Å². The van der Waals surface area contributed by atoms with Gasteiger partial charge in [-0.25, -0.2) is 8.42 Å². The Morgan fingerprint density at radius 2 is 1.90 bits per heavy atom. The highest BCUT2D eigenvalue weighted by Gasteiger charge is 2.31. The van der Waals surface area contributed by atoms with E-state index in [1.54, 1.807) is 0 Å². The van der Waals surface area contributed by atoms with Crippen LogP contribution < -0.4 is 4.72 Å². The standard InChI is InChI=1S/C11H6BrClF3NO2S2/c12-9-1-2-20-10(9)21(18,19)17-8-4-6(11(14,15)16)3-7(13)5-8/h1-5,17H. The lowest BCUT2D eigenvalue weighted by Crippen LogP contribution is -2.13. The highest BCUT2D eigenvalue weighted by molar-refractivity contribution is 9.10.